The predicted octanol–water partition coefficient (Wildman–Crippen LogP) is 4.06. The van der Waals surface area contributed by atoms with E-state index in [0.29, 0.717) is 27.5 Å². The molecule has 0 saturated heterocycles. The summed E-state index contributed by atoms with van der Waals surface area (Å²) in [5, 5.41) is 0.484. The van der Waals surface area contributed by atoms with E-state index in [9.17, 15) is 4.39 Å². The second-order valence-electron chi connectivity index (χ2n) is 4.38. The summed E-state index contributed by atoms with van der Waals surface area (Å²) in [6.45, 7) is 0. The van der Waals surface area contributed by atoms with Crippen molar-refractivity contribution in [3.63, 3.8) is 0 Å². The lowest BCUT2D eigenvalue weighted by molar-refractivity contribution is 0.415. The minimum absolute atomic E-state index is 0.00424. The van der Waals surface area contributed by atoms with Gasteiger partial charge in [-0.25, -0.2) is 9.37 Å². The minimum atomic E-state index is -0.539. The van der Waals surface area contributed by atoms with Crippen LogP contribution in [0.5, 0.6) is 5.75 Å². The molecule has 0 atom stereocenters. The van der Waals surface area contributed by atoms with Crippen LogP contribution in [0.1, 0.15) is 0 Å². The molecule has 0 saturated carbocycles. The second kappa shape index (κ2) is 5.09. The van der Waals surface area contributed by atoms with Crippen LogP contribution in [0.25, 0.3) is 16.7 Å². The molecular formula is C14H10Cl2FN3O. The standard InChI is InChI=1S/C14H10Cl2FN3O/c1-21-13-4-7(2-3-8(13)15)20-12-5-9(16)10(17)6-11(12)19-14(20)18/h2-6H,1H3,(H2,18,19). The highest BCUT2D eigenvalue weighted by Gasteiger charge is 2.14. The molecule has 0 amide bonds. The lowest BCUT2D eigenvalue weighted by Gasteiger charge is -2.10. The van der Waals surface area contributed by atoms with Crippen molar-refractivity contribution in [1.82, 2.24) is 9.55 Å². The van der Waals surface area contributed by atoms with E-state index >= 15 is 0 Å². The Kier molecular flexibility index (Phi) is 3.39. The van der Waals surface area contributed by atoms with Gasteiger partial charge in [0.25, 0.3) is 0 Å². The number of benzene rings is 2. The Morgan fingerprint density at radius 2 is 1.95 bits per heavy atom. The Bertz CT molecular complexity index is 848. The molecule has 0 aliphatic rings. The van der Waals surface area contributed by atoms with Gasteiger partial charge >= 0.3 is 0 Å². The highest BCUT2D eigenvalue weighted by Crippen LogP contribution is 2.31. The number of nitrogen functional groups attached to an aromatic ring is 1. The Morgan fingerprint density at radius 3 is 2.67 bits per heavy atom. The van der Waals surface area contributed by atoms with Gasteiger partial charge in [-0.05, 0) is 18.2 Å². The summed E-state index contributed by atoms with van der Waals surface area (Å²) in [4.78, 5) is 4.14. The fraction of sp³-hybridized carbons (Fsp3) is 0.0714. The van der Waals surface area contributed by atoms with Crippen LogP contribution < -0.4 is 10.5 Å². The summed E-state index contributed by atoms with van der Waals surface area (Å²) >= 11 is 11.8. The van der Waals surface area contributed by atoms with Gasteiger partial charge in [0.1, 0.15) is 11.6 Å². The van der Waals surface area contributed by atoms with Crippen molar-refractivity contribution >= 4 is 40.2 Å². The maximum absolute atomic E-state index is 13.5. The number of rotatable bonds is 2. The molecule has 1 aromatic heterocycles. The van der Waals surface area contributed by atoms with Crippen molar-refractivity contribution in [2.75, 3.05) is 12.8 Å². The van der Waals surface area contributed by atoms with E-state index in [0.717, 1.165) is 0 Å². The third kappa shape index (κ3) is 2.28. The van der Waals surface area contributed by atoms with Gasteiger partial charge in [-0.15, -0.1) is 0 Å². The van der Waals surface area contributed by atoms with Gasteiger partial charge in [0.15, 0.2) is 0 Å². The molecule has 0 spiro atoms. The fourth-order valence-electron chi connectivity index (χ4n) is 2.15. The molecule has 0 radical (unpaired) electrons. The number of halogens is 3. The van der Waals surface area contributed by atoms with Gasteiger partial charge in [0.2, 0.25) is 5.95 Å². The van der Waals surface area contributed by atoms with Gasteiger partial charge < -0.3 is 10.5 Å². The van der Waals surface area contributed by atoms with Gasteiger partial charge in [-0.1, -0.05) is 23.2 Å². The van der Waals surface area contributed by atoms with Crippen LogP contribution in [-0.4, -0.2) is 16.7 Å². The second-order valence-corrected chi connectivity index (χ2v) is 5.19. The first-order chi connectivity index (χ1) is 10.0. The normalized spacial score (nSPS) is 11.0. The Labute approximate surface area is 129 Å². The quantitative estimate of drug-likeness (QED) is 0.772. The third-order valence-corrected chi connectivity index (χ3v) is 3.72. The Hall–Kier alpha value is -1.98. The third-order valence-electron chi connectivity index (χ3n) is 3.12. The van der Waals surface area contributed by atoms with Gasteiger partial charge in [-0.3, -0.25) is 4.57 Å². The molecule has 21 heavy (non-hydrogen) atoms. The number of imidazole rings is 1. The van der Waals surface area contributed by atoms with E-state index in [1.165, 1.54) is 19.2 Å². The zero-order chi connectivity index (χ0) is 15.1. The van der Waals surface area contributed by atoms with E-state index in [-0.39, 0.29) is 11.0 Å². The van der Waals surface area contributed by atoms with Crippen LogP contribution in [0.3, 0.4) is 0 Å². The molecule has 1 heterocycles. The van der Waals surface area contributed by atoms with Gasteiger partial charge in [0, 0.05) is 12.1 Å². The predicted molar refractivity (Wildman–Crippen MR) is 82.0 cm³/mol. The first-order valence-electron chi connectivity index (χ1n) is 5.98. The summed E-state index contributed by atoms with van der Waals surface area (Å²) in [6, 6.07) is 7.90. The molecule has 4 nitrogen and oxygen atoms in total. The van der Waals surface area contributed by atoms with Gasteiger partial charge in [0.05, 0.1) is 33.9 Å². The zero-order valence-corrected chi connectivity index (χ0v) is 12.4. The molecule has 3 aromatic rings. The van der Waals surface area contributed by atoms with Crippen LogP contribution >= 0.6 is 23.2 Å². The number of fused-ring (bicyclic) bond motifs is 1. The Morgan fingerprint density at radius 1 is 1.19 bits per heavy atom. The molecule has 3 rings (SSSR count). The summed E-state index contributed by atoms with van der Waals surface area (Å²) in [7, 11) is 1.52. The van der Waals surface area contributed by atoms with E-state index in [2.05, 4.69) is 4.98 Å². The summed E-state index contributed by atoms with van der Waals surface area (Å²) in [6.07, 6.45) is 0. The first-order valence-corrected chi connectivity index (χ1v) is 6.73. The molecule has 0 unspecified atom stereocenters. The molecule has 0 fully saturated rings. The van der Waals surface area contributed by atoms with Crippen molar-refractivity contribution in [3.8, 4) is 11.4 Å². The zero-order valence-electron chi connectivity index (χ0n) is 10.9. The molecular weight excluding hydrogens is 316 g/mol. The number of nitrogens with two attached hydrogens (primary N) is 1. The maximum Gasteiger partial charge on any atom is 0.205 e. The highest BCUT2D eigenvalue weighted by molar-refractivity contribution is 6.32. The number of aromatic nitrogens is 2. The lowest BCUT2D eigenvalue weighted by Crippen LogP contribution is -2.01. The van der Waals surface area contributed by atoms with Crippen LogP contribution in [0, 0.1) is 5.82 Å². The van der Waals surface area contributed by atoms with Crippen LogP contribution in [0.15, 0.2) is 30.3 Å². The monoisotopic (exact) mass is 325 g/mol. The molecule has 0 bridgehead atoms. The molecule has 0 aliphatic carbocycles. The smallest absolute Gasteiger partial charge is 0.205 e. The number of nitrogens with zero attached hydrogens (tertiary/aromatic N) is 2. The van der Waals surface area contributed by atoms with Crippen LogP contribution in [-0.2, 0) is 0 Å². The van der Waals surface area contributed by atoms with Crippen molar-refractivity contribution < 1.29 is 9.13 Å². The van der Waals surface area contributed by atoms with Crippen molar-refractivity contribution in [2.45, 2.75) is 0 Å². The minimum Gasteiger partial charge on any atom is -0.495 e. The molecule has 0 aliphatic heterocycles. The molecule has 7 heteroatoms. The van der Waals surface area contributed by atoms with E-state index < -0.39 is 5.82 Å². The van der Waals surface area contributed by atoms with Crippen molar-refractivity contribution in [3.05, 3.63) is 46.2 Å². The maximum atomic E-state index is 13.5. The topological polar surface area (TPSA) is 53.1 Å². The number of hydrogen-bond acceptors (Lipinski definition) is 3. The summed E-state index contributed by atoms with van der Waals surface area (Å²) in [5.41, 5.74) is 7.64. The number of anilines is 1. The van der Waals surface area contributed by atoms with Crippen LogP contribution in [0.4, 0.5) is 10.3 Å². The average molecular weight is 326 g/mol. The number of methoxy groups -OCH3 is 1. The number of ether oxygens (including phenoxy) is 1. The molecule has 2 aromatic carbocycles. The first kappa shape index (κ1) is 14.0. The Balaban J connectivity index is 2.29. The van der Waals surface area contributed by atoms with Crippen molar-refractivity contribution in [2.24, 2.45) is 0 Å². The number of hydrogen-bond donors (Lipinski definition) is 1. The molecule has 108 valence electrons. The van der Waals surface area contributed by atoms with E-state index in [1.54, 1.807) is 22.8 Å². The van der Waals surface area contributed by atoms with E-state index in [1.807, 2.05) is 0 Å². The largest absolute Gasteiger partial charge is 0.495 e. The van der Waals surface area contributed by atoms with E-state index in [4.69, 9.17) is 33.7 Å². The SMILES string of the molecule is COc1cc(-n2c(N)nc3cc(F)c(Cl)cc32)ccc1Cl. The van der Waals surface area contributed by atoms with Crippen LogP contribution in [0.2, 0.25) is 10.0 Å². The molecule has 2 N–H and O–H groups in total. The summed E-state index contributed by atoms with van der Waals surface area (Å²) in [5.74, 6) is 0.183. The van der Waals surface area contributed by atoms with Gasteiger partial charge in [-0.2, -0.15) is 0 Å². The lowest BCUT2D eigenvalue weighted by atomic mass is 10.2. The summed E-state index contributed by atoms with van der Waals surface area (Å²) < 4.78 is 20.3. The highest BCUT2D eigenvalue weighted by atomic mass is 35.5. The average Bonchev–Trinajstić information content (AvgIpc) is 2.75. The van der Waals surface area contributed by atoms with Crippen molar-refractivity contribution in [1.29, 1.82) is 0 Å². The fourth-order valence-corrected chi connectivity index (χ4v) is 2.50.